The van der Waals surface area contributed by atoms with E-state index in [-0.39, 0.29) is 0 Å². The zero-order valence-electron chi connectivity index (χ0n) is 9.63. The topological polar surface area (TPSA) is 38.1 Å². The van der Waals surface area contributed by atoms with E-state index < -0.39 is 5.60 Å². The molecule has 1 aromatic heterocycles. The van der Waals surface area contributed by atoms with Gasteiger partial charge in [0, 0.05) is 6.54 Å². The first-order chi connectivity index (χ1) is 7.09. The van der Waals surface area contributed by atoms with E-state index >= 15 is 0 Å². The number of halogens is 1. The molecule has 0 aromatic carbocycles. The van der Waals surface area contributed by atoms with Crippen molar-refractivity contribution in [2.24, 2.45) is 0 Å². The zero-order valence-corrected chi connectivity index (χ0v) is 11.2. The molecule has 0 amide bonds. The molecular weight excluding hydrogens is 256 g/mol. The average Bonchev–Trinajstić information content (AvgIpc) is 2.60. The van der Waals surface area contributed by atoms with Crippen molar-refractivity contribution in [3.63, 3.8) is 0 Å². The average molecular weight is 275 g/mol. The van der Waals surface area contributed by atoms with Gasteiger partial charge in [0.05, 0.1) is 16.4 Å². The lowest BCUT2D eigenvalue weighted by Gasteiger charge is -2.27. The van der Waals surface area contributed by atoms with Crippen molar-refractivity contribution in [3.05, 3.63) is 16.4 Å². The Kier molecular flexibility index (Phi) is 4.34. The molecule has 0 saturated heterocycles. The largest absolute Gasteiger partial charge is 0.384 e. The van der Waals surface area contributed by atoms with Crippen molar-refractivity contribution < 1.29 is 5.11 Å². The Morgan fingerprint density at radius 2 is 2.13 bits per heavy atom. The third-order valence-corrected chi connectivity index (χ3v) is 3.36. The molecule has 0 fully saturated rings. The first-order valence-corrected chi connectivity index (χ1v) is 6.32. The van der Waals surface area contributed by atoms with Crippen LogP contribution in [0.15, 0.2) is 10.7 Å². The highest BCUT2D eigenvalue weighted by atomic mass is 79.9. The van der Waals surface area contributed by atoms with E-state index in [4.69, 9.17) is 0 Å². The maximum absolute atomic E-state index is 10.6. The third-order valence-electron chi connectivity index (χ3n) is 2.78. The number of hydrogen-bond acceptors (Lipinski definition) is 2. The van der Waals surface area contributed by atoms with Crippen LogP contribution in [0.3, 0.4) is 0 Å². The van der Waals surface area contributed by atoms with Crippen LogP contribution < -0.4 is 0 Å². The molecule has 3 nitrogen and oxygen atoms in total. The number of aromatic nitrogens is 2. The van der Waals surface area contributed by atoms with Crippen molar-refractivity contribution in [3.8, 4) is 0 Å². The second kappa shape index (κ2) is 5.12. The van der Waals surface area contributed by atoms with Gasteiger partial charge in [-0.25, -0.2) is 0 Å². The maximum Gasteiger partial charge on any atom is 0.107 e. The number of rotatable bonds is 5. The Hall–Kier alpha value is -0.350. The Bertz CT molecular complexity index is 324. The van der Waals surface area contributed by atoms with Gasteiger partial charge in [-0.05, 0) is 35.7 Å². The monoisotopic (exact) mass is 274 g/mol. The highest BCUT2D eigenvalue weighted by Crippen LogP contribution is 2.34. The van der Waals surface area contributed by atoms with Crippen LogP contribution in [0.4, 0.5) is 0 Å². The van der Waals surface area contributed by atoms with Crippen LogP contribution in [-0.4, -0.2) is 14.9 Å². The van der Waals surface area contributed by atoms with Crippen LogP contribution in [-0.2, 0) is 12.1 Å². The molecule has 0 spiro atoms. The molecule has 0 aliphatic heterocycles. The quantitative estimate of drug-likeness (QED) is 0.896. The number of hydrogen-bond donors (Lipinski definition) is 1. The Morgan fingerprint density at radius 3 is 2.60 bits per heavy atom. The van der Waals surface area contributed by atoms with Crippen LogP contribution >= 0.6 is 15.9 Å². The fourth-order valence-electron chi connectivity index (χ4n) is 1.94. The predicted octanol–water partition coefficient (Wildman–Crippen LogP) is 3.06. The highest BCUT2D eigenvalue weighted by Gasteiger charge is 2.32. The summed E-state index contributed by atoms with van der Waals surface area (Å²) < 4.78 is 2.77. The van der Waals surface area contributed by atoms with E-state index in [1.54, 1.807) is 6.20 Å². The van der Waals surface area contributed by atoms with Crippen LogP contribution in [0.2, 0.25) is 0 Å². The summed E-state index contributed by atoms with van der Waals surface area (Å²) in [6.07, 6.45) is 4.21. The third kappa shape index (κ3) is 2.42. The maximum atomic E-state index is 10.6. The van der Waals surface area contributed by atoms with E-state index in [0.717, 1.165) is 29.6 Å². The van der Waals surface area contributed by atoms with Gasteiger partial charge in [0.25, 0.3) is 0 Å². The minimum absolute atomic E-state index is 0.713. The van der Waals surface area contributed by atoms with Gasteiger partial charge in [-0.2, -0.15) is 5.10 Å². The lowest BCUT2D eigenvalue weighted by Crippen LogP contribution is -2.28. The predicted molar refractivity (Wildman–Crippen MR) is 64.7 cm³/mol. The lowest BCUT2D eigenvalue weighted by molar-refractivity contribution is 0.0131. The molecule has 4 heteroatoms. The molecule has 0 saturated carbocycles. The van der Waals surface area contributed by atoms with Crippen LogP contribution in [0, 0.1) is 0 Å². The first-order valence-electron chi connectivity index (χ1n) is 5.53. The Balaban J connectivity index is 3.15. The highest BCUT2D eigenvalue weighted by molar-refractivity contribution is 9.10. The Morgan fingerprint density at radius 1 is 1.47 bits per heavy atom. The van der Waals surface area contributed by atoms with Gasteiger partial charge in [-0.15, -0.1) is 0 Å². The van der Waals surface area contributed by atoms with E-state index in [9.17, 15) is 5.11 Å². The molecule has 1 unspecified atom stereocenters. The first kappa shape index (κ1) is 12.7. The molecule has 0 aliphatic rings. The van der Waals surface area contributed by atoms with Gasteiger partial charge >= 0.3 is 0 Å². The standard InChI is InChI=1S/C11H19BrN2O/c1-4-7-11(15,5-2)10-9(12)8-13-14(10)6-3/h8,15H,4-7H2,1-3H3. The van der Waals surface area contributed by atoms with Gasteiger partial charge in [0.2, 0.25) is 0 Å². The van der Waals surface area contributed by atoms with Gasteiger partial charge in [-0.1, -0.05) is 20.3 Å². The molecule has 0 radical (unpaired) electrons. The smallest absolute Gasteiger partial charge is 0.107 e. The summed E-state index contributed by atoms with van der Waals surface area (Å²) in [4.78, 5) is 0. The minimum Gasteiger partial charge on any atom is -0.384 e. The van der Waals surface area contributed by atoms with E-state index in [0.29, 0.717) is 6.42 Å². The summed E-state index contributed by atoms with van der Waals surface area (Å²) >= 11 is 3.46. The molecule has 1 aromatic rings. The molecule has 86 valence electrons. The fraction of sp³-hybridized carbons (Fsp3) is 0.727. The van der Waals surface area contributed by atoms with Crippen LogP contribution in [0.25, 0.3) is 0 Å². The summed E-state index contributed by atoms with van der Waals surface area (Å²) in [6.45, 7) is 6.91. The van der Waals surface area contributed by atoms with Crippen LogP contribution in [0.5, 0.6) is 0 Å². The normalized spacial score (nSPS) is 15.3. The summed E-state index contributed by atoms with van der Waals surface area (Å²) in [5, 5.41) is 14.8. The molecule has 0 bridgehead atoms. The van der Waals surface area contributed by atoms with Crippen LogP contribution in [0.1, 0.15) is 45.7 Å². The van der Waals surface area contributed by atoms with Crippen molar-refractivity contribution >= 4 is 15.9 Å². The van der Waals surface area contributed by atoms with Gasteiger partial charge in [0.15, 0.2) is 0 Å². The van der Waals surface area contributed by atoms with Gasteiger partial charge < -0.3 is 5.11 Å². The second-order valence-corrected chi connectivity index (χ2v) is 4.65. The molecule has 1 rings (SSSR count). The number of aliphatic hydroxyl groups is 1. The number of nitrogens with zero attached hydrogens (tertiary/aromatic N) is 2. The minimum atomic E-state index is -0.750. The SMILES string of the molecule is CCCC(O)(CC)c1c(Br)cnn1CC. The van der Waals surface area contributed by atoms with Gasteiger partial charge in [-0.3, -0.25) is 4.68 Å². The van der Waals surface area contributed by atoms with E-state index in [1.807, 2.05) is 18.5 Å². The molecule has 15 heavy (non-hydrogen) atoms. The summed E-state index contributed by atoms with van der Waals surface area (Å²) in [5.41, 5.74) is 0.162. The zero-order chi connectivity index (χ0) is 11.5. The summed E-state index contributed by atoms with van der Waals surface area (Å²) in [7, 11) is 0. The fourth-order valence-corrected chi connectivity index (χ4v) is 2.61. The number of aryl methyl sites for hydroxylation is 1. The summed E-state index contributed by atoms with van der Waals surface area (Å²) in [6, 6.07) is 0. The van der Waals surface area contributed by atoms with Crippen molar-refractivity contribution in [2.45, 2.75) is 52.2 Å². The Labute approximate surface area is 99.6 Å². The molecular formula is C11H19BrN2O. The van der Waals surface area contributed by atoms with E-state index in [1.165, 1.54) is 0 Å². The lowest BCUT2D eigenvalue weighted by atomic mass is 9.91. The molecule has 1 atom stereocenters. The molecule has 1 N–H and O–H groups in total. The summed E-state index contributed by atoms with van der Waals surface area (Å²) in [5.74, 6) is 0. The van der Waals surface area contributed by atoms with Gasteiger partial charge in [0.1, 0.15) is 5.60 Å². The van der Waals surface area contributed by atoms with Crippen molar-refractivity contribution in [1.82, 2.24) is 9.78 Å². The molecule has 1 heterocycles. The van der Waals surface area contributed by atoms with Crippen molar-refractivity contribution in [1.29, 1.82) is 0 Å². The van der Waals surface area contributed by atoms with Crippen molar-refractivity contribution in [2.75, 3.05) is 0 Å². The van der Waals surface area contributed by atoms with E-state index in [2.05, 4.69) is 28.0 Å². The molecule has 0 aliphatic carbocycles. The second-order valence-electron chi connectivity index (χ2n) is 3.79.